The minimum atomic E-state index is -0.786. The number of likely N-dealkylation sites (tertiary alicyclic amines) is 1. The summed E-state index contributed by atoms with van der Waals surface area (Å²) in [7, 11) is 0. The van der Waals surface area contributed by atoms with Crippen LogP contribution in [0.4, 0.5) is 0 Å². The Bertz CT molecular complexity index is 404. The van der Waals surface area contributed by atoms with Crippen LogP contribution in [0.5, 0.6) is 0 Å². The lowest BCUT2D eigenvalue weighted by Crippen LogP contribution is -2.47. The second-order valence-electron chi connectivity index (χ2n) is 7.37. The van der Waals surface area contributed by atoms with Crippen molar-refractivity contribution in [2.45, 2.75) is 64.2 Å². The molecule has 1 amide bonds. The van der Waals surface area contributed by atoms with E-state index in [4.69, 9.17) is 0 Å². The Balaban J connectivity index is 1.58. The molecular weight excluding hydrogens is 266 g/mol. The van der Waals surface area contributed by atoms with Crippen LogP contribution in [-0.2, 0) is 9.59 Å². The first-order chi connectivity index (χ1) is 10.1. The third-order valence-corrected chi connectivity index (χ3v) is 6.20. The zero-order chi connectivity index (χ0) is 14.9. The molecule has 1 N–H and O–H groups in total. The summed E-state index contributed by atoms with van der Waals surface area (Å²) in [5.74, 6) is -1.37. The molecule has 0 aromatic heterocycles. The largest absolute Gasteiger partial charge is 0.481 e. The van der Waals surface area contributed by atoms with Crippen LogP contribution < -0.4 is 0 Å². The fourth-order valence-electron chi connectivity index (χ4n) is 4.79. The van der Waals surface area contributed by atoms with Gasteiger partial charge in [0.1, 0.15) is 0 Å². The lowest BCUT2D eigenvalue weighted by atomic mass is 9.68. The summed E-state index contributed by atoms with van der Waals surface area (Å²) in [6, 6.07) is 0. The maximum absolute atomic E-state index is 12.6. The first-order valence-corrected chi connectivity index (χ1v) is 8.63. The molecule has 118 valence electrons. The van der Waals surface area contributed by atoms with Crippen LogP contribution >= 0.6 is 0 Å². The Morgan fingerprint density at radius 1 is 0.857 bits per heavy atom. The highest BCUT2D eigenvalue weighted by Gasteiger charge is 2.42. The molecule has 3 aliphatic rings. The molecule has 4 nitrogen and oxygen atoms in total. The van der Waals surface area contributed by atoms with E-state index in [1.54, 1.807) is 0 Å². The summed E-state index contributed by atoms with van der Waals surface area (Å²) >= 11 is 0. The maximum Gasteiger partial charge on any atom is 0.307 e. The van der Waals surface area contributed by atoms with E-state index in [0.717, 1.165) is 38.8 Å². The number of aliphatic carboxylic acids is 1. The van der Waals surface area contributed by atoms with Gasteiger partial charge in [0, 0.05) is 13.1 Å². The number of piperidine rings is 1. The molecule has 2 unspecified atom stereocenters. The van der Waals surface area contributed by atoms with E-state index < -0.39 is 11.9 Å². The van der Waals surface area contributed by atoms with Gasteiger partial charge in [-0.15, -0.1) is 0 Å². The first kappa shape index (κ1) is 14.9. The second kappa shape index (κ2) is 5.98. The van der Waals surface area contributed by atoms with Crippen molar-refractivity contribution < 1.29 is 14.7 Å². The molecule has 2 aliphatic carbocycles. The Morgan fingerprint density at radius 2 is 1.48 bits per heavy atom. The zero-order valence-corrected chi connectivity index (χ0v) is 12.9. The number of nitrogens with zero attached hydrogens (tertiary/aromatic N) is 1. The number of carbonyl (C=O) groups is 2. The summed E-state index contributed by atoms with van der Waals surface area (Å²) in [6.07, 6.45) is 11.3. The Labute approximate surface area is 126 Å². The van der Waals surface area contributed by atoms with Gasteiger partial charge in [-0.25, -0.2) is 0 Å². The fraction of sp³-hybridized carbons (Fsp3) is 0.882. The molecule has 1 heterocycles. The maximum atomic E-state index is 12.6. The number of rotatable bonds is 2. The molecule has 1 aliphatic heterocycles. The van der Waals surface area contributed by atoms with Crippen molar-refractivity contribution in [3.05, 3.63) is 0 Å². The molecule has 0 bridgehead atoms. The normalized spacial score (nSPS) is 32.3. The summed E-state index contributed by atoms with van der Waals surface area (Å²) in [5, 5.41) is 9.26. The van der Waals surface area contributed by atoms with Crippen LogP contribution in [-0.4, -0.2) is 35.0 Å². The third-order valence-electron chi connectivity index (χ3n) is 6.20. The smallest absolute Gasteiger partial charge is 0.307 e. The van der Waals surface area contributed by atoms with Gasteiger partial charge in [0.25, 0.3) is 0 Å². The van der Waals surface area contributed by atoms with Crippen molar-refractivity contribution >= 4 is 11.9 Å². The minimum Gasteiger partial charge on any atom is -0.481 e. The summed E-state index contributed by atoms with van der Waals surface area (Å²) in [4.78, 5) is 25.9. The van der Waals surface area contributed by atoms with Gasteiger partial charge in [-0.1, -0.05) is 25.7 Å². The lowest BCUT2D eigenvalue weighted by molar-refractivity contribution is -0.150. The Kier molecular flexibility index (Phi) is 4.23. The van der Waals surface area contributed by atoms with Crippen LogP contribution in [0.25, 0.3) is 0 Å². The lowest BCUT2D eigenvalue weighted by Gasteiger charge is -2.45. The highest BCUT2D eigenvalue weighted by molar-refractivity contribution is 5.85. The number of carboxylic acids is 1. The van der Waals surface area contributed by atoms with Gasteiger partial charge < -0.3 is 10.0 Å². The van der Waals surface area contributed by atoms with Crippen LogP contribution in [0.2, 0.25) is 0 Å². The standard InChI is InChI=1S/C17H27NO3/c19-15(13-5-4-6-14(13)16(20)21)18-11-9-17(10-12-18)7-2-1-3-8-17/h13-14H,1-12H2,(H,20,21). The van der Waals surface area contributed by atoms with E-state index >= 15 is 0 Å². The molecule has 0 aromatic rings. The van der Waals surface area contributed by atoms with Gasteiger partial charge in [-0.2, -0.15) is 0 Å². The summed E-state index contributed by atoms with van der Waals surface area (Å²) in [5.41, 5.74) is 0.497. The van der Waals surface area contributed by atoms with Crippen molar-refractivity contribution in [1.29, 1.82) is 0 Å². The molecular formula is C17H27NO3. The summed E-state index contributed by atoms with van der Waals surface area (Å²) < 4.78 is 0. The molecule has 2 saturated carbocycles. The van der Waals surface area contributed by atoms with E-state index in [-0.39, 0.29) is 11.8 Å². The monoisotopic (exact) mass is 293 g/mol. The highest BCUT2D eigenvalue weighted by atomic mass is 16.4. The van der Waals surface area contributed by atoms with Crippen molar-refractivity contribution in [3.8, 4) is 0 Å². The molecule has 0 radical (unpaired) electrons. The number of hydrogen-bond acceptors (Lipinski definition) is 2. The van der Waals surface area contributed by atoms with Gasteiger partial charge in [0.2, 0.25) is 5.91 Å². The minimum absolute atomic E-state index is 0.116. The molecule has 2 atom stereocenters. The predicted molar refractivity (Wildman–Crippen MR) is 79.8 cm³/mol. The second-order valence-corrected chi connectivity index (χ2v) is 7.37. The topological polar surface area (TPSA) is 57.6 Å². The molecule has 0 aromatic carbocycles. The molecule has 1 saturated heterocycles. The van der Waals surface area contributed by atoms with Crippen molar-refractivity contribution in [1.82, 2.24) is 4.90 Å². The quantitative estimate of drug-likeness (QED) is 0.851. The van der Waals surface area contributed by atoms with Gasteiger partial charge in [-0.3, -0.25) is 9.59 Å². The van der Waals surface area contributed by atoms with E-state index in [2.05, 4.69) is 0 Å². The van der Waals surface area contributed by atoms with E-state index in [9.17, 15) is 14.7 Å². The van der Waals surface area contributed by atoms with Gasteiger partial charge in [-0.05, 0) is 43.9 Å². The van der Waals surface area contributed by atoms with E-state index in [0.29, 0.717) is 11.8 Å². The highest BCUT2D eigenvalue weighted by Crippen LogP contribution is 2.45. The Morgan fingerprint density at radius 3 is 2.10 bits per heavy atom. The first-order valence-electron chi connectivity index (χ1n) is 8.63. The van der Waals surface area contributed by atoms with Crippen molar-refractivity contribution in [3.63, 3.8) is 0 Å². The predicted octanol–water partition coefficient (Wildman–Crippen LogP) is 3.06. The van der Waals surface area contributed by atoms with E-state index in [1.807, 2.05) is 4.90 Å². The van der Waals surface area contributed by atoms with Crippen LogP contribution in [0.1, 0.15) is 64.2 Å². The van der Waals surface area contributed by atoms with Crippen LogP contribution in [0.3, 0.4) is 0 Å². The van der Waals surface area contributed by atoms with Gasteiger partial charge >= 0.3 is 5.97 Å². The number of carboxylic acid groups (broad SMARTS) is 1. The van der Waals surface area contributed by atoms with Crippen molar-refractivity contribution in [2.75, 3.05) is 13.1 Å². The average Bonchev–Trinajstić information content (AvgIpc) is 2.98. The third kappa shape index (κ3) is 2.95. The SMILES string of the molecule is O=C(O)C1CCCC1C(=O)N1CCC2(CCCCC2)CC1. The number of amides is 1. The number of carbonyl (C=O) groups excluding carboxylic acids is 1. The van der Waals surface area contributed by atoms with Crippen LogP contribution in [0, 0.1) is 17.3 Å². The molecule has 21 heavy (non-hydrogen) atoms. The van der Waals surface area contributed by atoms with E-state index in [1.165, 1.54) is 32.1 Å². The molecule has 3 rings (SSSR count). The van der Waals surface area contributed by atoms with Gasteiger partial charge in [0.15, 0.2) is 0 Å². The molecule has 4 heteroatoms. The summed E-state index contributed by atoms with van der Waals surface area (Å²) in [6.45, 7) is 1.70. The van der Waals surface area contributed by atoms with Gasteiger partial charge in [0.05, 0.1) is 11.8 Å². The molecule has 3 fully saturated rings. The molecule has 1 spiro atoms. The number of hydrogen-bond donors (Lipinski definition) is 1. The van der Waals surface area contributed by atoms with Crippen LogP contribution in [0.15, 0.2) is 0 Å². The average molecular weight is 293 g/mol. The van der Waals surface area contributed by atoms with Crippen molar-refractivity contribution in [2.24, 2.45) is 17.3 Å². The Hall–Kier alpha value is -1.06. The fourth-order valence-corrected chi connectivity index (χ4v) is 4.79. The zero-order valence-electron chi connectivity index (χ0n) is 12.9.